The van der Waals surface area contributed by atoms with E-state index in [2.05, 4.69) is 4.90 Å². The largest absolute Gasteiger partial charge is 0.452 e. The van der Waals surface area contributed by atoms with E-state index in [1.165, 1.54) is 0 Å². The third kappa shape index (κ3) is 3.34. The zero-order chi connectivity index (χ0) is 22.4. The van der Waals surface area contributed by atoms with Crippen molar-refractivity contribution < 1.29 is 19.1 Å². The molecular weight excluding hydrogens is 416 g/mol. The van der Waals surface area contributed by atoms with Crippen molar-refractivity contribution in [1.29, 1.82) is 0 Å². The maximum Gasteiger partial charge on any atom is 0.229 e. The average Bonchev–Trinajstić information content (AvgIpc) is 3.05. The van der Waals surface area contributed by atoms with Gasteiger partial charge in [-0.15, -0.1) is 0 Å². The quantitative estimate of drug-likeness (QED) is 0.603. The van der Waals surface area contributed by atoms with Crippen LogP contribution in [0.2, 0.25) is 0 Å². The lowest BCUT2D eigenvalue weighted by atomic mass is 9.78. The number of ketones is 2. The number of benzene rings is 2. The van der Waals surface area contributed by atoms with Gasteiger partial charge in [-0.3, -0.25) is 9.59 Å². The summed E-state index contributed by atoms with van der Waals surface area (Å²) in [4.78, 5) is 34.0. The molecule has 1 aromatic heterocycles. The van der Waals surface area contributed by atoms with E-state index in [0.717, 1.165) is 30.0 Å². The van der Waals surface area contributed by atoms with Gasteiger partial charge >= 0.3 is 0 Å². The van der Waals surface area contributed by atoms with Gasteiger partial charge < -0.3 is 14.4 Å². The molecule has 1 saturated heterocycles. The maximum absolute atomic E-state index is 13.7. The molecule has 3 aliphatic rings. The topological polar surface area (TPSA) is 68.7 Å². The van der Waals surface area contributed by atoms with Crippen LogP contribution in [0.1, 0.15) is 37.8 Å². The first-order chi connectivity index (χ1) is 16.2. The van der Waals surface area contributed by atoms with Crippen LogP contribution in [0, 0.1) is 0 Å². The molecule has 0 saturated carbocycles. The molecule has 2 aromatic carbocycles. The van der Waals surface area contributed by atoms with E-state index in [0.29, 0.717) is 42.1 Å². The maximum atomic E-state index is 13.7. The number of nitrogens with zero attached hydrogens (tertiary/aromatic N) is 2. The van der Waals surface area contributed by atoms with E-state index < -0.39 is 0 Å². The number of morpholine rings is 1. The molecule has 0 spiro atoms. The summed E-state index contributed by atoms with van der Waals surface area (Å²) >= 11 is 0. The van der Waals surface area contributed by atoms with Crippen molar-refractivity contribution in [3.05, 3.63) is 100 Å². The fraction of sp³-hybridized carbons (Fsp3) is 0.222. The number of para-hydroxylation sites is 1. The first-order valence-electron chi connectivity index (χ1n) is 11.2. The monoisotopic (exact) mass is 438 g/mol. The van der Waals surface area contributed by atoms with E-state index >= 15 is 0 Å². The third-order valence-electron chi connectivity index (χ3n) is 6.58. The number of allylic oxidation sites excluding steroid dienone is 2. The highest BCUT2D eigenvalue weighted by atomic mass is 16.5. The lowest BCUT2D eigenvalue weighted by Crippen LogP contribution is -2.36. The van der Waals surface area contributed by atoms with E-state index in [4.69, 9.17) is 14.5 Å². The number of carbonyl (C=O) groups excluding carboxylic acids is 2. The zero-order valence-corrected chi connectivity index (χ0v) is 18.0. The van der Waals surface area contributed by atoms with Crippen molar-refractivity contribution in [3.63, 3.8) is 0 Å². The second-order valence-corrected chi connectivity index (χ2v) is 8.46. The number of carbonyl (C=O) groups is 2. The van der Waals surface area contributed by atoms with Gasteiger partial charge in [-0.25, -0.2) is 4.98 Å². The fourth-order valence-electron chi connectivity index (χ4n) is 4.86. The summed E-state index contributed by atoms with van der Waals surface area (Å²) < 4.78 is 11.6. The predicted molar refractivity (Wildman–Crippen MR) is 123 cm³/mol. The molecule has 3 heterocycles. The number of aromatic nitrogens is 1. The number of fused-ring (bicyclic) bond motifs is 2. The summed E-state index contributed by atoms with van der Waals surface area (Å²) in [6.07, 6.45) is 2.38. The minimum atomic E-state index is -0.334. The molecular formula is C27H22N2O4. The third-order valence-corrected chi connectivity index (χ3v) is 6.58. The Morgan fingerprint density at radius 1 is 0.848 bits per heavy atom. The first-order valence-corrected chi connectivity index (χ1v) is 11.2. The zero-order valence-electron chi connectivity index (χ0n) is 18.0. The summed E-state index contributed by atoms with van der Waals surface area (Å²) in [6.45, 7) is 2.98. The van der Waals surface area contributed by atoms with Crippen molar-refractivity contribution in [2.45, 2.75) is 12.3 Å². The van der Waals surface area contributed by atoms with E-state index in [1.807, 2.05) is 42.6 Å². The van der Waals surface area contributed by atoms with Gasteiger partial charge in [-0.2, -0.15) is 0 Å². The van der Waals surface area contributed by atoms with E-state index in [1.54, 1.807) is 24.3 Å². The van der Waals surface area contributed by atoms with Crippen LogP contribution in [0.3, 0.4) is 0 Å². The molecule has 0 N–H and O–H groups in total. The molecule has 33 heavy (non-hydrogen) atoms. The van der Waals surface area contributed by atoms with Crippen molar-refractivity contribution in [2.75, 3.05) is 31.2 Å². The molecule has 2 aliphatic heterocycles. The number of hydrogen-bond acceptors (Lipinski definition) is 6. The van der Waals surface area contributed by atoms with Gasteiger partial charge in [0.2, 0.25) is 5.78 Å². The Balaban J connectivity index is 1.46. The van der Waals surface area contributed by atoms with Gasteiger partial charge in [0.1, 0.15) is 11.6 Å². The molecule has 3 aromatic rings. The van der Waals surface area contributed by atoms with Crippen LogP contribution in [0.5, 0.6) is 5.75 Å². The highest BCUT2D eigenvalue weighted by molar-refractivity contribution is 6.26. The second kappa shape index (κ2) is 7.98. The summed E-state index contributed by atoms with van der Waals surface area (Å²) in [6, 6.07) is 18.6. The van der Waals surface area contributed by atoms with Crippen LogP contribution in [0.15, 0.2) is 78.2 Å². The lowest BCUT2D eigenvalue weighted by molar-refractivity contribution is 0.0933. The van der Waals surface area contributed by atoms with Crippen molar-refractivity contribution in [1.82, 2.24) is 4.98 Å². The normalized spacial score (nSPS) is 19.9. The van der Waals surface area contributed by atoms with Gasteiger partial charge in [0.15, 0.2) is 11.5 Å². The molecule has 1 atom stereocenters. The SMILES string of the molecule is O=C1C2=C(C(=O)c3ccccc31)C(c1ccc(N3CCOCC3)nc1)Cc1ccccc1O2. The summed E-state index contributed by atoms with van der Waals surface area (Å²) in [5.41, 5.74) is 3.08. The molecule has 164 valence electrons. The standard InChI is InChI=1S/C27H22N2O4/c30-25-19-6-2-3-7-20(19)26(31)27-24(25)21(15-17-5-1-4-8-22(17)33-27)18-9-10-23(28-16-18)29-11-13-32-14-12-29/h1-10,16,21H,11-15H2. The first kappa shape index (κ1) is 19.9. The lowest BCUT2D eigenvalue weighted by Gasteiger charge is -2.28. The Bertz CT molecular complexity index is 1290. The Labute approximate surface area is 191 Å². The molecule has 1 fully saturated rings. The number of rotatable bonds is 2. The Morgan fingerprint density at radius 3 is 2.33 bits per heavy atom. The molecule has 6 heteroatoms. The minimum absolute atomic E-state index is 0.130. The number of pyridine rings is 1. The highest BCUT2D eigenvalue weighted by Gasteiger charge is 2.40. The molecule has 1 unspecified atom stereocenters. The number of Topliss-reactive ketones (excluding diaryl/α,β-unsaturated/α-hetero) is 2. The number of ether oxygens (including phenoxy) is 2. The number of hydrogen-bond donors (Lipinski definition) is 0. The smallest absolute Gasteiger partial charge is 0.229 e. The highest BCUT2D eigenvalue weighted by Crippen LogP contribution is 2.42. The van der Waals surface area contributed by atoms with E-state index in [9.17, 15) is 9.59 Å². The van der Waals surface area contributed by atoms with Crippen molar-refractivity contribution in [3.8, 4) is 5.75 Å². The van der Waals surface area contributed by atoms with Gasteiger partial charge in [-0.05, 0) is 29.7 Å². The fourth-order valence-corrected chi connectivity index (χ4v) is 4.86. The molecule has 1 aliphatic carbocycles. The van der Waals surface area contributed by atoms with Crippen molar-refractivity contribution in [2.24, 2.45) is 0 Å². The molecule has 6 rings (SSSR count). The summed E-state index contributed by atoms with van der Waals surface area (Å²) in [5, 5.41) is 0. The Kier molecular flexibility index (Phi) is 4.80. The van der Waals surface area contributed by atoms with Crippen LogP contribution in [0.25, 0.3) is 0 Å². The summed E-state index contributed by atoms with van der Waals surface area (Å²) in [5.74, 6) is 0.893. The van der Waals surface area contributed by atoms with Gasteiger partial charge in [0, 0.05) is 36.3 Å². The predicted octanol–water partition coefficient (Wildman–Crippen LogP) is 3.97. The van der Waals surface area contributed by atoms with Gasteiger partial charge in [0.05, 0.1) is 18.8 Å². The van der Waals surface area contributed by atoms with Gasteiger partial charge in [-0.1, -0.05) is 48.5 Å². The second-order valence-electron chi connectivity index (χ2n) is 8.46. The van der Waals surface area contributed by atoms with Crippen LogP contribution in [-0.4, -0.2) is 42.9 Å². The Morgan fingerprint density at radius 2 is 1.58 bits per heavy atom. The van der Waals surface area contributed by atoms with Crippen LogP contribution < -0.4 is 9.64 Å². The van der Waals surface area contributed by atoms with Gasteiger partial charge in [0.25, 0.3) is 0 Å². The van der Waals surface area contributed by atoms with Crippen LogP contribution >= 0.6 is 0 Å². The van der Waals surface area contributed by atoms with E-state index in [-0.39, 0.29) is 23.2 Å². The molecule has 0 bridgehead atoms. The molecule has 0 radical (unpaired) electrons. The summed E-state index contributed by atoms with van der Waals surface area (Å²) in [7, 11) is 0. The molecule has 6 nitrogen and oxygen atoms in total. The average molecular weight is 438 g/mol. The Hall–Kier alpha value is -3.77. The minimum Gasteiger partial charge on any atom is -0.452 e. The van der Waals surface area contributed by atoms with Crippen LogP contribution in [0.4, 0.5) is 5.82 Å². The van der Waals surface area contributed by atoms with Crippen LogP contribution in [-0.2, 0) is 11.2 Å². The molecule has 0 amide bonds. The number of anilines is 1. The van der Waals surface area contributed by atoms with Crippen molar-refractivity contribution >= 4 is 17.4 Å².